The van der Waals surface area contributed by atoms with E-state index in [1.807, 2.05) is 0 Å². The first-order valence-electron chi connectivity index (χ1n) is 3.94. The summed E-state index contributed by atoms with van der Waals surface area (Å²) in [6, 6.07) is 0. The molecule has 13 heavy (non-hydrogen) atoms. The number of rotatable bonds is 1. The maximum atomic E-state index is 11.9. The minimum atomic E-state index is -4.37. The van der Waals surface area contributed by atoms with Crippen LogP contribution in [-0.2, 0) is 4.74 Å². The number of alkyl halides is 3. The minimum Gasteiger partial charge on any atom is -0.390 e. The van der Waals surface area contributed by atoms with E-state index in [0.717, 1.165) is 0 Å². The van der Waals surface area contributed by atoms with Gasteiger partial charge in [0.1, 0.15) is 6.10 Å². The Morgan fingerprint density at radius 2 is 1.92 bits per heavy atom. The molecule has 2 N–H and O–H groups in total. The van der Waals surface area contributed by atoms with Crippen molar-refractivity contribution in [2.24, 2.45) is 0 Å². The summed E-state index contributed by atoms with van der Waals surface area (Å²) in [6.45, 7) is 0.0545. The van der Waals surface area contributed by atoms with Crippen LogP contribution in [0, 0.1) is 0 Å². The normalized spacial score (nSPS) is 36.2. The Labute approximate surface area is 73.1 Å². The average Bonchev–Trinajstić information content (AvgIpc) is 1.96. The third-order valence-electron chi connectivity index (χ3n) is 1.95. The van der Waals surface area contributed by atoms with Crippen LogP contribution in [0.25, 0.3) is 0 Å². The van der Waals surface area contributed by atoms with Crippen molar-refractivity contribution < 1.29 is 28.1 Å². The van der Waals surface area contributed by atoms with Crippen LogP contribution < -0.4 is 0 Å². The highest BCUT2D eigenvalue weighted by Crippen LogP contribution is 2.27. The van der Waals surface area contributed by atoms with E-state index < -0.39 is 30.9 Å². The van der Waals surface area contributed by atoms with Crippen molar-refractivity contribution >= 4 is 0 Å². The molecule has 0 aliphatic carbocycles. The first-order chi connectivity index (χ1) is 5.90. The molecule has 0 aromatic heterocycles. The first kappa shape index (κ1) is 10.7. The summed E-state index contributed by atoms with van der Waals surface area (Å²) in [5.41, 5.74) is 0. The van der Waals surface area contributed by atoms with Crippen molar-refractivity contribution in [1.29, 1.82) is 0 Å². The van der Waals surface area contributed by atoms with Crippen LogP contribution in [0.1, 0.15) is 12.8 Å². The summed E-state index contributed by atoms with van der Waals surface area (Å²) in [6.07, 6.45) is -9.29. The SMILES string of the molecule is O[C@H]1[C@H](O)CCO[C@@H]1CC(F)(F)F. The van der Waals surface area contributed by atoms with Crippen LogP contribution in [0.15, 0.2) is 0 Å². The predicted octanol–water partition coefficient (Wildman–Crippen LogP) is 0.450. The van der Waals surface area contributed by atoms with E-state index >= 15 is 0 Å². The summed E-state index contributed by atoms with van der Waals surface area (Å²) in [7, 11) is 0. The van der Waals surface area contributed by atoms with Gasteiger partial charge in [-0.2, -0.15) is 13.2 Å². The average molecular weight is 200 g/mol. The Hall–Kier alpha value is -0.330. The van der Waals surface area contributed by atoms with E-state index in [1.165, 1.54) is 0 Å². The van der Waals surface area contributed by atoms with Crippen LogP contribution in [0.5, 0.6) is 0 Å². The molecule has 1 rings (SSSR count). The molecule has 78 valence electrons. The number of hydrogen-bond acceptors (Lipinski definition) is 3. The quantitative estimate of drug-likeness (QED) is 0.646. The topological polar surface area (TPSA) is 49.7 Å². The number of hydrogen-bond donors (Lipinski definition) is 2. The van der Waals surface area contributed by atoms with Gasteiger partial charge in [-0.05, 0) is 6.42 Å². The van der Waals surface area contributed by atoms with Crippen LogP contribution in [0.2, 0.25) is 0 Å². The van der Waals surface area contributed by atoms with Crippen LogP contribution in [0.4, 0.5) is 13.2 Å². The van der Waals surface area contributed by atoms with Gasteiger partial charge < -0.3 is 14.9 Å². The molecule has 0 aromatic rings. The minimum absolute atomic E-state index is 0.0545. The van der Waals surface area contributed by atoms with E-state index in [1.54, 1.807) is 0 Å². The predicted molar refractivity (Wildman–Crippen MR) is 37.0 cm³/mol. The third-order valence-corrected chi connectivity index (χ3v) is 1.95. The molecule has 6 heteroatoms. The van der Waals surface area contributed by atoms with E-state index in [4.69, 9.17) is 14.9 Å². The van der Waals surface area contributed by atoms with Crippen molar-refractivity contribution in [2.75, 3.05) is 6.61 Å². The summed E-state index contributed by atoms with van der Waals surface area (Å²) in [5, 5.41) is 18.2. The number of aliphatic hydroxyl groups is 2. The van der Waals surface area contributed by atoms with Crippen LogP contribution in [0.3, 0.4) is 0 Å². The molecule has 1 saturated heterocycles. The lowest BCUT2D eigenvalue weighted by Gasteiger charge is -2.32. The van der Waals surface area contributed by atoms with Crippen molar-refractivity contribution in [3.05, 3.63) is 0 Å². The molecule has 0 amide bonds. The third kappa shape index (κ3) is 3.13. The van der Waals surface area contributed by atoms with Gasteiger partial charge in [-0.15, -0.1) is 0 Å². The molecule has 1 fully saturated rings. The van der Waals surface area contributed by atoms with Gasteiger partial charge in [-0.1, -0.05) is 0 Å². The highest BCUT2D eigenvalue weighted by atomic mass is 19.4. The van der Waals surface area contributed by atoms with Crippen LogP contribution in [-0.4, -0.2) is 41.3 Å². The number of ether oxygens (including phenoxy) is 1. The van der Waals surface area contributed by atoms with Gasteiger partial charge in [0.15, 0.2) is 0 Å². The van der Waals surface area contributed by atoms with Gasteiger partial charge in [0, 0.05) is 6.61 Å². The second kappa shape index (κ2) is 3.81. The summed E-state index contributed by atoms with van der Waals surface area (Å²) in [5.74, 6) is 0. The summed E-state index contributed by atoms with van der Waals surface area (Å²) < 4.78 is 40.3. The Kier molecular flexibility index (Phi) is 3.15. The lowest BCUT2D eigenvalue weighted by Crippen LogP contribution is -2.46. The molecule has 0 unspecified atom stereocenters. The molecular formula is C7H11F3O3. The molecule has 1 heterocycles. The van der Waals surface area contributed by atoms with Gasteiger partial charge >= 0.3 is 6.18 Å². The van der Waals surface area contributed by atoms with Crippen molar-refractivity contribution in [3.8, 4) is 0 Å². The fourth-order valence-corrected chi connectivity index (χ4v) is 1.27. The first-order valence-corrected chi connectivity index (χ1v) is 3.94. The largest absolute Gasteiger partial charge is 0.391 e. The molecule has 0 aromatic carbocycles. The monoisotopic (exact) mass is 200 g/mol. The van der Waals surface area contributed by atoms with E-state index in [-0.39, 0.29) is 13.0 Å². The molecule has 0 saturated carbocycles. The molecule has 0 spiro atoms. The Balaban J connectivity index is 2.49. The summed E-state index contributed by atoms with van der Waals surface area (Å²) >= 11 is 0. The van der Waals surface area contributed by atoms with E-state index in [2.05, 4.69) is 0 Å². The van der Waals surface area contributed by atoms with Gasteiger partial charge in [0.2, 0.25) is 0 Å². The van der Waals surface area contributed by atoms with E-state index in [9.17, 15) is 13.2 Å². The maximum Gasteiger partial charge on any atom is 0.391 e. The molecule has 0 radical (unpaired) electrons. The van der Waals surface area contributed by atoms with E-state index in [0.29, 0.717) is 0 Å². The lowest BCUT2D eigenvalue weighted by atomic mass is 10.00. The summed E-state index contributed by atoms with van der Waals surface area (Å²) in [4.78, 5) is 0. The Morgan fingerprint density at radius 1 is 1.31 bits per heavy atom. The number of aliphatic hydroxyl groups excluding tert-OH is 2. The lowest BCUT2D eigenvalue weighted by molar-refractivity contribution is -0.201. The fraction of sp³-hybridized carbons (Fsp3) is 1.00. The van der Waals surface area contributed by atoms with Gasteiger partial charge in [0.25, 0.3) is 0 Å². The smallest absolute Gasteiger partial charge is 0.390 e. The van der Waals surface area contributed by atoms with Crippen LogP contribution >= 0.6 is 0 Å². The second-order valence-corrected chi connectivity index (χ2v) is 3.08. The molecular weight excluding hydrogens is 189 g/mol. The van der Waals surface area contributed by atoms with Crippen molar-refractivity contribution in [1.82, 2.24) is 0 Å². The van der Waals surface area contributed by atoms with Crippen molar-refractivity contribution in [2.45, 2.75) is 37.3 Å². The molecule has 1 aliphatic rings. The van der Waals surface area contributed by atoms with Gasteiger partial charge in [-0.25, -0.2) is 0 Å². The number of halogens is 3. The van der Waals surface area contributed by atoms with Gasteiger partial charge in [-0.3, -0.25) is 0 Å². The Bertz CT molecular complexity index is 171. The zero-order valence-corrected chi connectivity index (χ0v) is 6.79. The Morgan fingerprint density at radius 3 is 2.46 bits per heavy atom. The zero-order chi connectivity index (χ0) is 10.1. The highest BCUT2D eigenvalue weighted by Gasteiger charge is 2.40. The molecule has 3 nitrogen and oxygen atoms in total. The van der Waals surface area contributed by atoms with Crippen molar-refractivity contribution in [3.63, 3.8) is 0 Å². The molecule has 3 atom stereocenters. The maximum absolute atomic E-state index is 11.9. The standard InChI is InChI=1S/C7H11F3O3/c8-7(9,10)3-5-6(12)4(11)1-2-13-5/h4-6,11-12H,1-3H2/t4-,5-,6+/m1/s1. The molecule has 0 bridgehead atoms. The zero-order valence-electron chi connectivity index (χ0n) is 6.79. The second-order valence-electron chi connectivity index (χ2n) is 3.08. The fourth-order valence-electron chi connectivity index (χ4n) is 1.27. The van der Waals surface area contributed by atoms with Gasteiger partial charge in [0.05, 0.1) is 18.6 Å². The highest BCUT2D eigenvalue weighted by molar-refractivity contribution is 4.82. The molecule has 1 aliphatic heterocycles.